The van der Waals surface area contributed by atoms with Gasteiger partial charge in [-0.05, 0) is 38.4 Å². The van der Waals surface area contributed by atoms with Crippen LogP contribution in [0.3, 0.4) is 0 Å². The van der Waals surface area contributed by atoms with E-state index in [-0.39, 0.29) is 12.6 Å². The number of nitrogens with one attached hydrogen (secondary N) is 1. The molecular weight excluding hydrogens is 214 g/mol. The lowest BCUT2D eigenvalue weighted by Gasteiger charge is -2.18. The van der Waals surface area contributed by atoms with Crippen molar-refractivity contribution in [2.45, 2.75) is 33.2 Å². The number of hydrogen-bond acceptors (Lipinski definition) is 3. The molecule has 0 spiro atoms. The van der Waals surface area contributed by atoms with E-state index >= 15 is 0 Å². The van der Waals surface area contributed by atoms with Crippen LogP contribution in [0.5, 0.6) is 5.75 Å². The van der Waals surface area contributed by atoms with Crippen molar-refractivity contribution in [1.29, 1.82) is 0 Å². The monoisotopic (exact) mass is 237 g/mol. The lowest BCUT2D eigenvalue weighted by Crippen LogP contribution is -2.35. The summed E-state index contributed by atoms with van der Waals surface area (Å²) in [5.74, 6) is 0.927. The normalized spacial score (nSPS) is 12.5. The molecule has 0 amide bonds. The number of ether oxygens (including phenoxy) is 1. The lowest BCUT2D eigenvalue weighted by molar-refractivity contribution is 0.214. The van der Waals surface area contributed by atoms with Gasteiger partial charge in [0.15, 0.2) is 0 Å². The van der Waals surface area contributed by atoms with E-state index in [4.69, 9.17) is 9.84 Å². The number of aryl methyl sites for hydroxylation is 2. The van der Waals surface area contributed by atoms with E-state index in [1.54, 1.807) is 0 Å². The van der Waals surface area contributed by atoms with Crippen LogP contribution in [0.1, 0.15) is 24.5 Å². The Morgan fingerprint density at radius 3 is 2.71 bits per heavy atom. The maximum Gasteiger partial charge on any atom is 0.122 e. The first-order valence-electron chi connectivity index (χ1n) is 6.21. The van der Waals surface area contributed by atoms with Crippen molar-refractivity contribution in [3.05, 3.63) is 29.3 Å². The van der Waals surface area contributed by atoms with Crippen molar-refractivity contribution < 1.29 is 9.84 Å². The number of hydrogen-bond donors (Lipinski definition) is 2. The Bertz CT molecular complexity index is 333. The summed E-state index contributed by atoms with van der Waals surface area (Å²) in [6, 6.07) is 6.39. The lowest BCUT2D eigenvalue weighted by atomic mass is 10.1. The SMILES string of the molecule is CCNC(CCO)COc1ccc(C)cc1C. The Balaban J connectivity index is 2.52. The molecule has 0 bridgehead atoms. The molecule has 0 fully saturated rings. The molecule has 3 nitrogen and oxygen atoms in total. The van der Waals surface area contributed by atoms with Gasteiger partial charge in [-0.3, -0.25) is 0 Å². The van der Waals surface area contributed by atoms with E-state index in [9.17, 15) is 0 Å². The molecule has 17 heavy (non-hydrogen) atoms. The van der Waals surface area contributed by atoms with Gasteiger partial charge in [0, 0.05) is 12.6 Å². The molecule has 0 saturated carbocycles. The second kappa shape index (κ2) is 7.30. The fourth-order valence-corrected chi connectivity index (χ4v) is 1.84. The summed E-state index contributed by atoms with van der Waals surface area (Å²) in [5.41, 5.74) is 2.40. The minimum absolute atomic E-state index is 0.188. The third-order valence-corrected chi connectivity index (χ3v) is 2.74. The van der Waals surface area contributed by atoms with Crippen LogP contribution in [0, 0.1) is 13.8 Å². The number of aliphatic hydroxyl groups excluding tert-OH is 1. The predicted octanol–water partition coefficient (Wildman–Crippen LogP) is 2.04. The van der Waals surface area contributed by atoms with Gasteiger partial charge in [0.2, 0.25) is 0 Å². The van der Waals surface area contributed by atoms with E-state index in [1.807, 2.05) is 6.07 Å². The Morgan fingerprint density at radius 2 is 2.12 bits per heavy atom. The van der Waals surface area contributed by atoms with Crippen LogP contribution < -0.4 is 10.1 Å². The summed E-state index contributed by atoms with van der Waals surface area (Å²) < 4.78 is 5.79. The summed E-state index contributed by atoms with van der Waals surface area (Å²) in [6.07, 6.45) is 0.721. The molecule has 0 heterocycles. The average molecular weight is 237 g/mol. The molecule has 1 atom stereocenters. The van der Waals surface area contributed by atoms with Crippen LogP contribution in [0.4, 0.5) is 0 Å². The number of benzene rings is 1. The molecule has 0 aromatic heterocycles. The van der Waals surface area contributed by atoms with Crippen LogP contribution in [0.25, 0.3) is 0 Å². The molecule has 0 saturated heterocycles. The highest BCUT2D eigenvalue weighted by Gasteiger charge is 2.08. The highest BCUT2D eigenvalue weighted by Crippen LogP contribution is 2.18. The number of rotatable bonds is 7. The van der Waals surface area contributed by atoms with Crippen LogP contribution in [0.15, 0.2) is 18.2 Å². The van der Waals surface area contributed by atoms with Gasteiger partial charge < -0.3 is 15.2 Å². The Kier molecular flexibility index (Phi) is 6.01. The first kappa shape index (κ1) is 14.0. The molecule has 0 radical (unpaired) electrons. The van der Waals surface area contributed by atoms with E-state index in [1.165, 1.54) is 5.56 Å². The summed E-state index contributed by atoms with van der Waals surface area (Å²) in [6.45, 7) is 7.86. The number of aliphatic hydroxyl groups is 1. The van der Waals surface area contributed by atoms with Crippen molar-refractivity contribution in [3.63, 3.8) is 0 Å². The second-order valence-electron chi connectivity index (χ2n) is 4.35. The molecule has 3 heteroatoms. The minimum atomic E-state index is 0.188. The van der Waals surface area contributed by atoms with Gasteiger partial charge in [0.25, 0.3) is 0 Å². The molecular formula is C14H23NO2. The van der Waals surface area contributed by atoms with Crippen LogP contribution in [-0.4, -0.2) is 30.9 Å². The highest BCUT2D eigenvalue weighted by atomic mass is 16.5. The zero-order chi connectivity index (χ0) is 12.7. The van der Waals surface area contributed by atoms with Crippen LogP contribution in [0.2, 0.25) is 0 Å². The fraction of sp³-hybridized carbons (Fsp3) is 0.571. The standard InChI is InChI=1S/C14H23NO2/c1-4-15-13(7-8-16)10-17-14-6-5-11(2)9-12(14)3/h5-6,9,13,15-16H,4,7-8,10H2,1-3H3. The van der Waals surface area contributed by atoms with Gasteiger partial charge in [-0.2, -0.15) is 0 Å². The number of likely N-dealkylation sites (N-methyl/N-ethyl adjacent to an activating group) is 1. The highest BCUT2D eigenvalue weighted by molar-refractivity contribution is 5.35. The first-order chi connectivity index (χ1) is 8.17. The van der Waals surface area contributed by atoms with Crippen molar-refractivity contribution in [2.75, 3.05) is 19.8 Å². The summed E-state index contributed by atoms with van der Waals surface area (Å²) in [7, 11) is 0. The average Bonchev–Trinajstić information content (AvgIpc) is 2.28. The summed E-state index contributed by atoms with van der Waals surface area (Å²) in [4.78, 5) is 0. The van der Waals surface area contributed by atoms with E-state index in [0.717, 1.165) is 24.3 Å². The van der Waals surface area contributed by atoms with Gasteiger partial charge in [-0.15, -0.1) is 0 Å². The maximum atomic E-state index is 8.96. The Labute approximate surface area is 104 Å². The molecule has 1 rings (SSSR count). The fourth-order valence-electron chi connectivity index (χ4n) is 1.84. The molecule has 1 aromatic carbocycles. The first-order valence-corrected chi connectivity index (χ1v) is 6.21. The van der Waals surface area contributed by atoms with E-state index < -0.39 is 0 Å². The van der Waals surface area contributed by atoms with E-state index in [0.29, 0.717) is 6.61 Å². The topological polar surface area (TPSA) is 41.5 Å². The molecule has 1 aromatic rings. The third kappa shape index (κ3) is 4.75. The van der Waals surface area contributed by atoms with Gasteiger partial charge >= 0.3 is 0 Å². The molecule has 96 valence electrons. The predicted molar refractivity (Wildman–Crippen MR) is 70.6 cm³/mol. The zero-order valence-electron chi connectivity index (χ0n) is 11.0. The molecule has 0 aliphatic heterocycles. The van der Waals surface area contributed by atoms with E-state index in [2.05, 4.69) is 38.2 Å². The smallest absolute Gasteiger partial charge is 0.122 e. The van der Waals surface area contributed by atoms with Crippen molar-refractivity contribution in [1.82, 2.24) is 5.32 Å². The van der Waals surface area contributed by atoms with Crippen LogP contribution >= 0.6 is 0 Å². The van der Waals surface area contributed by atoms with Gasteiger partial charge in [-0.25, -0.2) is 0 Å². The molecule has 0 aliphatic rings. The Morgan fingerprint density at radius 1 is 1.35 bits per heavy atom. The largest absolute Gasteiger partial charge is 0.492 e. The summed E-state index contributed by atoms with van der Waals surface area (Å²) in [5, 5.41) is 12.3. The second-order valence-corrected chi connectivity index (χ2v) is 4.35. The molecule has 1 unspecified atom stereocenters. The maximum absolute atomic E-state index is 8.96. The Hall–Kier alpha value is -1.06. The van der Waals surface area contributed by atoms with Gasteiger partial charge in [-0.1, -0.05) is 24.6 Å². The molecule has 0 aliphatic carbocycles. The minimum Gasteiger partial charge on any atom is -0.492 e. The molecule has 2 N–H and O–H groups in total. The van der Waals surface area contributed by atoms with Crippen molar-refractivity contribution in [3.8, 4) is 5.75 Å². The van der Waals surface area contributed by atoms with Gasteiger partial charge in [0.05, 0.1) is 0 Å². The van der Waals surface area contributed by atoms with Gasteiger partial charge in [0.1, 0.15) is 12.4 Å². The summed E-state index contributed by atoms with van der Waals surface area (Å²) >= 11 is 0. The van der Waals surface area contributed by atoms with Crippen molar-refractivity contribution in [2.24, 2.45) is 0 Å². The zero-order valence-corrected chi connectivity index (χ0v) is 11.0. The third-order valence-electron chi connectivity index (χ3n) is 2.74. The van der Waals surface area contributed by atoms with Crippen molar-refractivity contribution >= 4 is 0 Å². The quantitative estimate of drug-likeness (QED) is 0.762. The van der Waals surface area contributed by atoms with Crippen LogP contribution in [-0.2, 0) is 0 Å².